The third-order valence-corrected chi connectivity index (χ3v) is 3.85. The van der Waals surface area contributed by atoms with Crippen LogP contribution in [0.3, 0.4) is 0 Å². The lowest BCUT2D eigenvalue weighted by Gasteiger charge is -2.15. The van der Waals surface area contributed by atoms with Crippen molar-refractivity contribution in [2.24, 2.45) is 0 Å². The number of fused-ring (bicyclic) bond motifs is 1. The molecule has 0 saturated heterocycles. The molecule has 0 fully saturated rings. The summed E-state index contributed by atoms with van der Waals surface area (Å²) in [5.41, 5.74) is 1.36. The van der Waals surface area contributed by atoms with Gasteiger partial charge in [0.15, 0.2) is 5.13 Å². The lowest BCUT2D eigenvalue weighted by molar-refractivity contribution is 0.584. The van der Waals surface area contributed by atoms with Crippen LogP contribution in [0.5, 0.6) is 0 Å². The normalized spacial score (nSPS) is 20.6. The third-order valence-electron chi connectivity index (χ3n) is 2.76. The molecule has 0 amide bonds. The number of nitrogens with one attached hydrogen (secondary N) is 1. The summed E-state index contributed by atoms with van der Waals surface area (Å²) in [6.07, 6.45) is 5.05. The highest BCUT2D eigenvalue weighted by Gasteiger charge is 2.20. The summed E-state index contributed by atoms with van der Waals surface area (Å²) in [4.78, 5) is 6.19. The van der Waals surface area contributed by atoms with Crippen molar-refractivity contribution in [1.29, 1.82) is 0 Å². The van der Waals surface area contributed by atoms with E-state index < -0.39 is 0 Å². The number of thiazole rings is 1. The Balaban J connectivity index is 2.13. The monoisotopic (exact) mass is 210 g/mol. The number of aryl methyl sites for hydroxylation is 1. The molecule has 0 radical (unpaired) electrons. The van der Waals surface area contributed by atoms with Crippen molar-refractivity contribution in [3.63, 3.8) is 0 Å². The summed E-state index contributed by atoms with van der Waals surface area (Å²) >= 11 is 1.86. The van der Waals surface area contributed by atoms with Crippen molar-refractivity contribution in [1.82, 2.24) is 4.98 Å². The zero-order chi connectivity index (χ0) is 9.97. The van der Waals surface area contributed by atoms with Crippen molar-refractivity contribution >= 4 is 16.5 Å². The fourth-order valence-electron chi connectivity index (χ4n) is 1.94. The smallest absolute Gasteiger partial charge is 0.183 e. The molecule has 2 nitrogen and oxygen atoms in total. The summed E-state index contributed by atoms with van der Waals surface area (Å²) in [7, 11) is 0. The predicted molar refractivity (Wildman–Crippen MR) is 62.2 cm³/mol. The molecule has 1 aromatic heterocycles. The van der Waals surface area contributed by atoms with Gasteiger partial charge in [-0.15, -0.1) is 11.3 Å². The van der Waals surface area contributed by atoms with Crippen molar-refractivity contribution in [2.75, 3.05) is 11.9 Å². The fourth-order valence-corrected chi connectivity index (χ4v) is 3.09. The number of anilines is 1. The minimum absolute atomic E-state index is 0.673. The zero-order valence-electron chi connectivity index (χ0n) is 8.97. The largest absolute Gasteiger partial charge is 0.362 e. The molecule has 1 unspecified atom stereocenters. The van der Waals surface area contributed by atoms with Crippen LogP contribution in [0.1, 0.15) is 49.6 Å². The Hall–Kier alpha value is -0.570. The van der Waals surface area contributed by atoms with E-state index in [4.69, 9.17) is 0 Å². The molecule has 2 rings (SSSR count). The zero-order valence-corrected chi connectivity index (χ0v) is 9.78. The fraction of sp³-hybridized carbons (Fsp3) is 0.727. The molecule has 14 heavy (non-hydrogen) atoms. The van der Waals surface area contributed by atoms with Crippen LogP contribution in [-0.2, 0) is 6.42 Å². The van der Waals surface area contributed by atoms with Gasteiger partial charge in [0.1, 0.15) is 0 Å². The average Bonchev–Trinajstić information content (AvgIpc) is 2.59. The molecule has 0 bridgehead atoms. The van der Waals surface area contributed by atoms with E-state index in [1.54, 1.807) is 0 Å². The van der Waals surface area contributed by atoms with Gasteiger partial charge in [-0.3, -0.25) is 0 Å². The molecule has 3 heteroatoms. The number of aromatic nitrogens is 1. The summed E-state index contributed by atoms with van der Waals surface area (Å²) < 4.78 is 0. The van der Waals surface area contributed by atoms with Gasteiger partial charge < -0.3 is 5.32 Å². The second kappa shape index (κ2) is 4.30. The minimum Gasteiger partial charge on any atom is -0.362 e. The van der Waals surface area contributed by atoms with E-state index in [2.05, 4.69) is 24.1 Å². The standard InChI is InChI=1S/C11H18N2S/c1-3-7-12-11-13-10-8(2)5-4-6-9(10)14-11/h8H,3-7H2,1-2H3,(H,12,13). The van der Waals surface area contributed by atoms with Crippen LogP contribution in [0, 0.1) is 0 Å². The van der Waals surface area contributed by atoms with E-state index in [0.717, 1.165) is 11.7 Å². The lowest BCUT2D eigenvalue weighted by atomic mass is 9.93. The van der Waals surface area contributed by atoms with Crippen LogP contribution >= 0.6 is 11.3 Å². The maximum atomic E-state index is 4.68. The first-order valence-electron chi connectivity index (χ1n) is 5.54. The molecule has 1 aromatic rings. The van der Waals surface area contributed by atoms with Gasteiger partial charge in [0.2, 0.25) is 0 Å². The van der Waals surface area contributed by atoms with Crippen molar-refractivity contribution in [3.05, 3.63) is 10.6 Å². The molecule has 1 heterocycles. The first kappa shape index (κ1) is 9.97. The Labute approximate surface area is 89.8 Å². The van der Waals surface area contributed by atoms with Crippen LogP contribution in [0.2, 0.25) is 0 Å². The van der Waals surface area contributed by atoms with E-state index in [1.807, 2.05) is 11.3 Å². The van der Waals surface area contributed by atoms with E-state index in [1.165, 1.54) is 36.3 Å². The van der Waals surface area contributed by atoms with E-state index >= 15 is 0 Å². The summed E-state index contributed by atoms with van der Waals surface area (Å²) in [6.45, 7) is 5.52. The molecule has 1 N–H and O–H groups in total. The highest BCUT2D eigenvalue weighted by Crippen LogP contribution is 2.36. The lowest BCUT2D eigenvalue weighted by Crippen LogP contribution is -2.05. The Kier molecular flexibility index (Phi) is 3.06. The van der Waals surface area contributed by atoms with Crippen LogP contribution in [-0.4, -0.2) is 11.5 Å². The minimum atomic E-state index is 0.673. The maximum Gasteiger partial charge on any atom is 0.183 e. The highest BCUT2D eigenvalue weighted by atomic mass is 32.1. The van der Waals surface area contributed by atoms with E-state index in [9.17, 15) is 0 Å². The Morgan fingerprint density at radius 2 is 2.43 bits per heavy atom. The van der Waals surface area contributed by atoms with Gasteiger partial charge in [-0.25, -0.2) is 4.98 Å². The highest BCUT2D eigenvalue weighted by molar-refractivity contribution is 7.15. The van der Waals surface area contributed by atoms with Crippen molar-refractivity contribution in [2.45, 2.75) is 45.4 Å². The quantitative estimate of drug-likeness (QED) is 0.827. The van der Waals surface area contributed by atoms with Gasteiger partial charge in [0.25, 0.3) is 0 Å². The molecule has 0 spiro atoms. The molecule has 1 aliphatic carbocycles. The topological polar surface area (TPSA) is 24.9 Å². The van der Waals surface area contributed by atoms with E-state index in [-0.39, 0.29) is 0 Å². The summed E-state index contributed by atoms with van der Waals surface area (Å²) in [6, 6.07) is 0. The number of hydrogen-bond donors (Lipinski definition) is 1. The van der Waals surface area contributed by atoms with Gasteiger partial charge in [-0.2, -0.15) is 0 Å². The Morgan fingerprint density at radius 1 is 1.57 bits per heavy atom. The Bertz CT molecular complexity index is 306. The van der Waals surface area contributed by atoms with Gasteiger partial charge >= 0.3 is 0 Å². The SMILES string of the molecule is CCCNc1nc2c(s1)CCCC2C. The van der Waals surface area contributed by atoms with Crippen molar-refractivity contribution < 1.29 is 0 Å². The Morgan fingerprint density at radius 3 is 3.14 bits per heavy atom. The van der Waals surface area contributed by atoms with Gasteiger partial charge in [0.05, 0.1) is 5.69 Å². The molecule has 0 saturated carbocycles. The molecule has 1 aliphatic rings. The van der Waals surface area contributed by atoms with Crippen molar-refractivity contribution in [3.8, 4) is 0 Å². The van der Waals surface area contributed by atoms with Crippen LogP contribution in [0.4, 0.5) is 5.13 Å². The molecule has 1 atom stereocenters. The predicted octanol–water partition coefficient (Wildman–Crippen LogP) is 3.40. The van der Waals surface area contributed by atoms with Crippen LogP contribution in [0.25, 0.3) is 0 Å². The average molecular weight is 210 g/mol. The van der Waals surface area contributed by atoms with Gasteiger partial charge in [-0.05, 0) is 31.6 Å². The molecular formula is C11H18N2S. The van der Waals surface area contributed by atoms with Gasteiger partial charge in [0, 0.05) is 11.4 Å². The van der Waals surface area contributed by atoms with E-state index in [0.29, 0.717) is 5.92 Å². The molecule has 78 valence electrons. The molecule has 0 aromatic carbocycles. The van der Waals surface area contributed by atoms with Gasteiger partial charge in [-0.1, -0.05) is 13.8 Å². The number of hydrogen-bond acceptors (Lipinski definition) is 3. The third kappa shape index (κ3) is 1.92. The van der Waals surface area contributed by atoms with Crippen LogP contribution in [0.15, 0.2) is 0 Å². The van der Waals surface area contributed by atoms with Crippen LogP contribution < -0.4 is 5.32 Å². The molecular weight excluding hydrogens is 192 g/mol. The second-order valence-electron chi connectivity index (χ2n) is 4.05. The summed E-state index contributed by atoms with van der Waals surface area (Å²) in [5, 5.41) is 4.51. The first-order chi connectivity index (χ1) is 6.81. The first-order valence-corrected chi connectivity index (χ1v) is 6.36. The second-order valence-corrected chi connectivity index (χ2v) is 5.13. The number of nitrogens with zero attached hydrogens (tertiary/aromatic N) is 1. The molecule has 0 aliphatic heterocycles. The number of rotatable bonds is 3. The summed E-state index contributed by atoms with van der Waals surface area (Å²) in [5.74, 6) is 0.673. The maximum absolute atomic E-state index is 4.68.